The summed E-state index contributed by atoms with van der Waals surface area (Å²) in [5, 5.41) is 4.79. The van der Waals surface area contributed by atoms with Crippen molar-refractivity contribution >= 4 is 50.8 Å². The Kier molecular flexibility index (Phi) is 7.50. The molecule has 2 aromatic carbocycles. The molecular formula is C21H21N3O4S3. The molecule has 0 bridgehead atoms. The van der Waals surface area contributed by atoms with E-state index in [-0.39, 0.29) is 16.6 Å². The maximum absolute atomic E-state index is 12.3. The van der Waals surface area contributed by atoms with Crippen molar-refractivity contribution in [3.05, 3.63) is 65.2 Å². The quantitative estimate of drug-likeness (QED) is 0.475. The molecule has 10 heteroatoms. The van der Waals surface area contributed by atoms with E-state index in [0.717, 1.165) is 14.9 Å². The Labute approximate surface area is 189 Å². The van der Waals surface area contributed by atoms with Crippen molar-refractivity contribution in [2.45, 2.75) is 21.1 Å². The van der Waals surface area contributed by atoms with Crippen LogP contribution in [-0.2, 0) is 14.8 Å². The van der Waals surface area contributed by atoms with Crippen LogP contribution in [-0.4, -0.2) is 33.5 Å². The first-order valence-corrected chi connectivity index (χ1v) is 12.3. The fourth-order valence-corrected chi connectivity index (χ4v) is 5.30. The molecule has 0 radical (unpaired) electrons. The maximum atomic E-state index is 12.3. The van der Waals surface area contributed by atoms with Crippen LogP contribution in [0, 0.1) is 6.92 Å². The third-order valence-corrected chi connectivity index (χ3v) is 7.60. The third kappa shape index (κ3) is 6.17. The summed E-state index contributed by atoms with van der Waals surface area (Å²) in [6, 6.07) is 12.1. The Morgan fingerprint density at radius 3 is 2.55 bits per heavy atom. The second kappa shape index (κ2) is 10.1. The highest BCUT2D eigenvalue weighted by atomic mass is 32.2. The molecule has 0 unspecified atom stereocenters. The molecule has 0 aliphatic rings. The smallest absolute Gasteiger partial charge is 0.248 e. The normalized spacial score (nSPS) is 11.6. The maximum Gasteiger partial charge on any atom is 0.248 e. The number of sulfonamides is 1. The summed E-state index contributed by atoms with van der Waals surface area (Å²) in [7, 11) is -0.968. The Bertz CT molecular complexity index is 1200. The van der Waals surface area contributed by atoms with Crippen LogP contribution in [0.25, 0.3) is 6.08 Å². The van der Waals surface area contributed by atoms with Gasteiger partial charge in [-0.2, -0.15) is 0 Å². The van der Waals surface area contributed by atoms with E-state index < -0.39 is 10.0 Å². The van der Waals surface area contributed by atoms with Gasteiger partial charge in [0.25, 0.3) is 0 Å². The minimum absolute atomic E-state index is 0.00331. The SMILES string of the molecule is CNS(=O)(=O)c1cc(C=CC(=O)Nc2ccc(Sc3nc(C)cs3)cc2)ccc1OC. The van der Waals surface area contributed by atoms with Crippen LogP contribution in [0.15, 0.2) is 68.1 Å². The van der Waals surface area contributed by atoms with Gasteiger partial charge in [0.1, 0.15) is 10.6 Å². The van der Waals surface area contributed by atoms with Crippen molar-refractivity contribution in [1.29, 1.82) is 0 Å². The summed E-state index contributed by atoms with van der Waals surface area (Å²) in [5.41, 5.74) is 2.20. The van der Waals surface area contributed by atoms with Gasteiger partial charge in [-0.3, -0.25) is 4.79 Å². The molecule has 1 aromatic heterocycles. The van der Waals surface area contributed by atoms with Gasteiger partial charge >= 0.3 is 0 Å². The number of carbonyl (C=O) groups is 1. The summed E-state index contributed by atoms with van der Waals surface area (Å²) in [6.07, 6.45) is 2.89. The molecule has 3 aromatic rings. The second-order valence-electron chi connectivity index (χ2n) is 6.32. The van der Waals surface area contributed by atoms with Crippen LogP contribution >= 0.6 is 23.1 Å². The Morgan fingerprint density at radius 2 is 1.94 bits per heavy atom. The average molecular weight is 476 g/mol. The molecule has 0 saturated carbocycles. The van der Waals surface area contributed by atoms with Gasteiger partial charge in [-0.1, -0.05) is 17.8 Å². The van der Waals surface area contributed by atoms with E-state index in [2.05, 4.69) is 15.0 Å². The lowest BCUT2D eigenvalue weighted by molar-refractivity contribution is -0.111. The molecule has 0 saturated heterocycles. The summed E-state index contributed by atoms with van der Waals surface area (Å²) >= 11 is 3.16. The van der Waals surface area contributed by atoms with Crippen molar-refractivity contribution in [1.82, 2.24) is 9.71 Å². The number of amides is 1. The van der Waals surface area contributed by atoms with Gasteiger partial charge in [0.05, 0.1) is 7.11 Å². The van der Waals surface area contributed by atoms with Crippen LogP contribution in [0.2, 0.25) is 0 Å². The predicted molar refractivity (Wildman–Crippen MR) is 124 cm³/mol. The molecule has 3 rings (SSSR count). The standard InChI is InChI=1S/C21H21N3O4S3/c1-14-13-29-21(23-14)30-17-8-6-16(7-9-17)24-20(25)11-5-15-4-10-18(28-3)19(12-15)31(26,27)22-2/h4-13,22H,1-3H3,(H,24,25). The zero-order chi connectivity index (χ0) is 22.4. The zero-order valence-corrected chi connectivity index (χ0v) is 19.5. The number of thiazole rings is 1. The monoisotopic (exact) mass is 475 g/mol. The van der Waals surface area contributed by atoms with Crippen molar-refractivity contribution in [2.24, 2.45) is 0 Å². The third-order valence-electron chi connectivity index (χ3n) is 4.10. The van der Waals surface area contributed by atoms with Crippen molar-refractivity contribution < 1.29 is 17.9 Å². The van der Waals surface area contributed by atoms with E-state index in [9.17, 15) is 13.2 Å². The van der Waals surface area contributed by atoms with E-state index >= 15 is 0 Å². The average Bonchev–Trinajstić information content (AvgIpc) is 3.18. The molecule has 31 heavy (non-hydrogen) atoms. The fraction of sp³-hybridized carbons (Fsp3) is 0.143. The Balaban J connectivity index is 1.66. The highest BCUT2D eigenvalue weighted by Crippen LogP contribution is 2.31. The molecule has 0 fully saturated rings. The Hall–Kier alpha value is -2.66. The molecule has 0 aliphatic carbocycles. The lowest BCUT2D eigenvalue weighted by Crippen LogP contribution is -2.19. The molecular weight excluding hydrogens is 454 g/mol. The summed E-state index contributed by atoms with van der Waals surface area (Å²) in [5.74, 6) is -0.105. The number of nitrogens with zero attached hydrogens (tertiary/aromatic N) is 1. The molecule has 1 amide bonds. The summed E-state index contributed by atoms with van der Waals surface area (Å²) < 4.78 is 32.7. The van der Waals surface area contributed by atoms with Gasteiger partial charge in [-0.15, -0.1) is 11.3 Å². The zero-order valence-electron chi connectivity index (χ0n) is 17.1. The van der Waals surface area contributed by atoms with Gasteiger partial charge in [-0.05, 0) is 62.0 Å². The first-order chi connectivity index (χ1) is 14.8. The number of hydrogen-bond donors (Lipinski definition) is 2. The number of nitrogens with one attached hydrogen (secondary N) is 2. The highest BCUT2D eigenvalue weighted by Gasteiger charge is 2.17. The number of rotatable bonds is 8. The van der Waals surface area contributed by atoms with Crippen molar-refractivity contribution in [2.75, 3.05) is 19.5 Å². The topological polar surface area (TPSA) is 97.4 Å². The molecule has 1 heterocycles. The van der Waals surface area contributed by atoms with Crippen LogP contribution in [0.5, 0.6) is 5.75 Å². The minimum Gasteiger partial charge on any atom is -0.495 e. The Morgan fingerprint density at radius 1 is 1.19 bits per heavy atom. The number of aromatic nitrogens is 1. The number of methoxy groups -OCH3 is 1. The van der Waals surface area contributed by atoms with E-state index in [4.69, 9.17) is 4.74 Å². The van der Waals surface area contributed by atoms with Crippen LogP contribution in [0.3, 0.4) is 0 Å². The number of carbonyl (C=O) groups excluding carboxylic acids is 1. The van der Waals surface area contributed by atoms with Crippen LogP contribution in [0.1, 0.15) is 11.3 Å². The largest absolute Gasteiger partial charge is 0.495 e. The first-order valence-electron chi connectivity index (χ1n) is 9.11. The number of ether oxygens (including phenoxy) is 1. The van der Waals surface area contributed by atoms with Gasteiger partial charge in [0, 0.05) is 27.7 Å². The van der Waals surface area contributed by atoms with Gasteiger partial charge in [0.2, 0.25) is 15.9 Å². The lowest BCUT2D eigenvalue weighted by atomic mass is 10.2. The molecule has 162 valence electrons. The van der Waals surface area contributed by atoms with Crippen LogP contribution < -0.4 is 14.8 Å². The molecule has 0 spiro atoms. The predicted octanol–water partition coefficient (Wildman–Crippen LogP) is 4.17. The lowest BCUT2D eigenvalue weighted by Gasteiger charge is -2.09. The molecule has 7 nitrogen and oxygen atoms in total. The van der Waals surface area contributed by atoms with E-state index in [1.54, 1.807) is 41.3 Å². The summed E-state index contributed by atoms with van der Waals surface area (Å²) in [4.78, 5) is 17.7. The van der Waals surface area contributed by atoms with Crippen molar-refractivity contribution in [3.8, 4) is 5.75 Å². The molecule has 0 atom stereocenters. The van der Waals surface area contributed by atoms with Crippen LogP contribution in [0.4, 0.5) is 5.69 Å². The highest BCUT2D eigenvalue weighted by molar-refractivity contribution is 8.01. The molecule has 0 aliphatic heterocycles. The van der Waals surface area contributed by atoms with Gasteiger partial charge in [-0.25, -0.2) is 18.1 Å². The van der Waals surface area contributed by atoms with E-state index in [1.807, 2.05) is 36.6 Å². The number of aryl methyl sites for hydroxylation is 1. The van der Waals surface area contributed by atoms with Gasteiger partial charge < -0.3 is 10.1 Å². The number of hydrogen-bond acceptors (Lipinski definition) is 7. The van der Waals surface area contributed by atoms with Gasteiger partial charge in [0.15, 0.2) is 4.34 Å². The van der Waals surface area contributed by atoms with E-state index in [1.165, 1.54) is 26.3 Å². The number of benzene rings is 2. The first kappa shape index (κ1) is 23.0. The fourth-order valence-electron chi connectivity index (χ4n) is 2.56. The summed E-state index contributed by atoms with van der Waals surface area (Å²) in [6.45, 7) is 1.96. The van der Waals surface area contributed by atoms with E-state index in [0.29, 0.717) is 11.3 Å². The molecule has 2 N–H and O–H groups in total. The van der Waals surface area contributed by atoms with Crippen molar-refractivity contribution in [3.63, 3.8) is 0 Å². The number of anilines is 1. The minimum atomic E-state index is -3.69. The second-order valence-corrected chi connectivity index (χ2v) is 10.4.